The summed E-state index contributed by atoms with van der Waals surface area (Å²) < 4.78 is 1.61. The lowest BCUT2D eigenvalue weighted by Crippen LogP contribution is -2.48. The van der Waals surface area contributed by atoms with Crippen molar-refractivity contribution < 1.29 is 4.79 Å². The number of aromatic nitrogens is 3. The SMILES string of the molecule is CCN(c1nc(-c2ccncc2)cc(=O)n1C)C1CCN(C(=O)Cc2ccccc2)CC1. The van der Waals surface area contributed by atoms with Crippen LogP contribution in [0.5, 0.6) is 0 Å². The Hall–Kier alpha value is -3.48. The van der Waals surface area contributed by atoms with E-state index in [1.165, 1.54) is 0 Å². The monoisotopic (exact) mass is 431 g/mol. The molecule has 0 spiro atoms. The minimum atomic E-state index is -0.0873. The summed E-state index contributed by atoms with van der Waals surface area (Å²) >= 11 is 0. The molecular formula is C25H29N5O2. The second kappa shape index (κ2) is 9.77. The molecule has 166 valence electrons. The maximum Gasteiger partial charge on any atom is 0.255 e. The molecule has 0 unspecified atom stereocenters. The molecule has 0 saturated carbocycles. The minimum absolute atomic E-state index is 0.0873. The molecule has 7 heteroatoms. The first-order chi connectivity index (χ1) is 15.6. The average Bonchev–Trinajstić information content (AvgIpc) is 2.83. The standard InChI is InChI=1S/C25H29N5O2/c1-3-30(25-27-22(18-23(31)28(25)2)20-9-13-26-14-10-20)21-11-15-29(16-12-21)24(32)17-19-7-5-4-6-8-19/h4-10,13-14,18,21H,3,11-12,15-17H2,1-2H3. The van der Waals surface area contributed by atoms with Gasteiger partial charge < -0.3 is 9.80 Å². The third kappa shape index (κ3) is 4.72. The van der Waals surface area contributed by atoms with E-state index in [-0.39, 0.29) is 17.5 Å². The molecule has 0 bridgehead atoms. The summed E-state index contributed by atoms with van der Waals surface area (Å²) in [6.07, 6.45) is 5.54. The first kappa shape index (κ1) is 21.7. The third-order valence-corrected chi connectivity index (χ3v) is 6.14. The van der Waals surface area contributed by atoms with Crippen LogP contribution in [-0.2, 0) is 18.3 Å². The van der Waals surface area contributed by atoms with Crippen molar-refractivity contribution in [2.75, 3.05) is 24.5 Å². The molecule has 1 saturated heterocycles. The van der Waals surface area contributed by atoms with Crippen LogP contribution < -0.4 is 10.5 Å². The van der Waals surface area contributed by atoms with Gasteiger partial charge in [-0.3, -0.25) is 19.1 Å². The van der Waals surface area contributed by atoms with Gasteiger partial charge in [-0.25, -0.2) is 4.98 Å². The Morgan fingerprint density at radius 2 is 1.78 bits per heavy atom. The fraction of sp³-hybridized carbons (Fsp3) is 0.360. The number of benzene rings is 1. The number of hydrogen-bond donors (Lipinski definition) is 0. The van der Waals surface area contributed by atoms with E-state index in [2.05, 4.69) is 16.8 Å². The number of piperidine rings is 1. The lowest BCUT2D eigenvalue weighted by molar-refractivity contribution is -0.131. The summed E-state index contributed by atoms with van der Waals surface area (Å²) in [4.78, 5) is 38.5. The Kier molecular flexibility index (Phi) is 6.63. The Balaban J connectivity index is 1.49. The molecule has 1 aliphatic rings. The topological polar surface area (TPSA) is 71.3 Å². The summed E-state index contributed by atoms with van der Waals surface area (Å²) in [5.74, 6) is 0.837. The number of anilines is 1. The summed E-state index contributed by atoms with van der Waals surface area (Å²) in [5, 5.41) is 0. The van der Waals surface area contributed by atoms with Gasteiger partial charge in [0.05, 0.1) is 12.1 Å². The molecule has 1 fully saturated rings. The van der Waals surface area contributed by atoms with E-state index in [4.69, 9.17) is 4.98 Å². The molecular weight excluding hydrogens is 402 g/mol. The Morgan fingerprint density at radius 1 is 1.09 bits per heavy atom. The van der Waals surface area contributed by atoms with Crippen LogP contribution in [0.4, 0.5) is 5.95 Å². The number of carbonyl (C=O) groups excluding carboxylic acids is 1. The van der Waals surface area contributed by atoms with Crippen LogP contribution in [-0.4, -0.2) is 51.0 Å². The summed E-state index contributed by atoms with van der Waals surface area (Å²) in [6, 6.07) is 15.4. The Morgan fingerprint density at radius 3 is 2.44 bits per heavy atom. The molecule has 1 aliphatic heterocycles. The number of rotatable bonds is 6. The van der Waals surface area contributed by atoms with Crippen molar-refractivity contribution in [1.82, 2.24) is 19.4 Å². The number of nitrogens with zero attached hydrogens (tertiary/aromatic N) is 5. The van der Waals surface area contributed by atoms with Gasteiger partial charge in [-0.2, -0.15) is 0 Å². The van der Waals surface area contributed by atoms with E-state index in [9.17, 15) is 9.59 Å². The van der Waals surface area contributed by atoms with Crippen LogP contribution in [0.15, 0.2) is 65.7 Å². The second-order valence-corrected chi connectivity index (χ2v) is 8.13. The van der Waals surface area contributed by atoms with Crippen LogP contribution in [0.25, 0.3) is 11.3 Å². The molecule has 0 atom stereocenters. The zero-order valence-corrected chi connectivity index (χ0v) is 18.6. The van der Waals surface area contributed by atoms with Gasteiger partial charge in [0.2, 0.25) is 11.9 Å². The van der Waals surface area contributed by atoms with Gasteiger partial charge in [0, 0.05) is 56.7 Å². The predicted octanol–water partition coefficient (Wildman–Crippen LogP) is 2.90. The van der Waals surface area contributed by atoms with E-state index < -0.39 is 0 Å². The predicted molar refractivity (Wildman–Crippen MR) is 125 cm³/mol. The van der Waals surface area contributed by atoms with Crippen molar-refractivity contribution in [3.63, 3.8) is 0 Å². The molecule has 1 aromatic carbocycles. The number of hydrogen-bond acceptors (Lipinski definition) is 5. The van der Waals surface area contributed by atoms with Crippen molar-refractivity contribution in [3.05, 3.63) is 76.8 Å². The minimum Gasteiger partial charge on any atom is -0.342 e. The van der Waals surface area contributed by atoms with Crippen LogP contribution >= 0.6 is 0 Å². The van der Waals surface area contributed by atoms with Crippen molar-refractivity contribution in [1.29, 1.82) is 0 Å². The van der Waals surface area contributed by atoms with Gasteiger partial charge in [-0.15, -0.1) is 0 Å². The van der Waals surface area contributed by atoms with Crippen molar-refractivity contribution in [2.24, 2.45) is 7.05 Å². The summed E-state index contributed by atoms with van der Waals surface area (Å²) in [6.45, 7) is 4.25. The van der Waals surface area contributed by atoms with Gasteiger partial charge in [0.15, 0.2) is 0 Å². The highest BCUT2D eigenvalue weighted by Gasteiger charge is 2.28. The third-order valence-electron chi connectivity index (χ3n) is 6.14. The van der Waals surface area contributed by atoms with E-state index in [1.807, 2.05) is 47.4 Å². The average molecular weight is 432 g/mol. The molecule has 2 aromatic heterocycles. The largest absolute Gasteiger partial charge is 0.342 e. The van der Waals surface area contributed by atoms with Crippen molar-refractivity contribution in [2.45, 2.75) is 32.2 Å². The number of amides is 1. The highest BCUT2D eigenvalue weighted by molar-refractivity contribution is 5.78. The molecule has 1 amide bonds. The maximum atomic E-state index is 12.7. The highest BCUT2D eigenvalue weighted by atomic mass is 16.2. The highest BCUT2D eigenvalue weighted by Crippen LogP contribution is 2.24. The normalized spacial score (nSPS) is 14.4. The summed E-state index contributed by atoms with van der Waals surface area (Å²) in [7, 11) is 1.77. The first-order valence-corrected chi connectivity index (χ1v) is 11.1. The lowest BCUT2D eigenvalue weighted by atomic mass is 10.0. The number of likely N-dealkylation sites (tertiary alicyclic amines) is 1. The fourth-order valence-corrected chi connectivity index (χ4v) is 4.33. The molecule has 7 nitrogen and oxygen atoms in total. The van der Waals surface area contributed by atoms with Crippen LogP contribution in [0.3, 0.4) is 0 Å². The van der Waals surface area contributed by atoms with Crippen LogP contribution in [0, 0.1) is 0 Å². The van der Waals surface area contributed by atoms with Gasteiger partial charge in [-0.05, 0) is 37.5 Å². The molecule has 0 radical (unpaired) electrons. The zero-order chi connectivity index (χ0) is 22.5. The van der Waals surface area contributed by atoms with E-state index in [0.29, 0.717) is 31.2 Å². The summed E-state index contributed by atoms with van der Waals surface area (Å²) in [5.41, 5.74) is 2.48. The van der Waals surface area contributed by atoms with Gasteiger partial charge >= 0.3 is 0 Å². The van der Waals surface area contributed by atoms with E-state index in [0.717, 1.165) is 30.5 Å². The Labute approximate surface area is 188 Å². The van der Waals surface area contributed by atoms with Gasteiger partial charge in [0.25, 0.3) is 5.56 Å². The van der Waals surface area contributed by atoms with E-state index >= 15 is 0 Å². The maximum absolute atomic E-state index is 12.7. The number of carbonyl (C=O) groups is 1. The van der Waals surface area contributed by atoms with Crippen molar-refractivity contribution in [3.8, 4) is 11.3 Å². The van der Waals surface area contributed by atoms with Crippen LogP contribution in [0.2, 0.25) is 0 Å². The number of pyridine rings is 1. The van der Waals surface area contributed by atoms with Crippen molar-refractivity contribution >= 4 is 11.9 Å². The zero-order valence-electron chi connectivity index (χ0n) is 18.6. The molecule has 3 aromatic rings. The van der Waals surface area contributed by atoms with Crippen LogP contribution in [0.1, 0.15) is 25.3 Å². The van der Waals surface area contributed by atoms with Gasteiger partial charge in [0.1, 0.15) is 0 Å². The Bertz CT molecular complexity index is 1110. The molecule has 4 rings (SSSR count). The molecule has 32 heavy (non-hydrogen) atoms. The smallest absolute Gasteiger partial charge is 0.255 e. The first-order valence-electron chi connectivity index (χ1n) is 11.1. The molecule has 3 heterocycles. The quantitative estimate of drug-likeness (QED) is 0.600. The molecule has 0 N–H and O–H groups in total. The lowest BCUT2D eigenvalue weighted by Gasteiger charge is -2.39. The fourth-order valence-electron chi connectivity index (χ4n) is 4.33. The second-order valence-electron chi connectivity index (χ2n) is 8.13. The molecule has 0 aliphatic carbocycles. The van der Waals surface area contributed by atoms with Gasteiger partial charge in [-0.1, -0.05) is 30.3 Å². The van der Waals surface area contributed by atoms with E-state index in [1.54, 1.807) is 30.1 Å².